The molecule has 0 aliphatic rings. The van der Waals surface area contributed by atoms with Gasteiger partial charge in [-0.05, 0) is 89.9 Å². The SMILES string of the molecule is CC/C=C\C/C=C\C/C=C\C/C=C\CCCCCCCCCCCCCCCCCCCCCCCCC(=O)OCC(COC(=O)CCCCCCCCCCC)OC(=O)CCCCCCCCC/C=C\C/C=C\CCCCCC. The van der Waals surface area contributed by atoms with Gasteiger partial charge >= 0.3 is 17.9 Å². The highest BCUT2D eigenvalue weighted by Gasteiger charge is 2.19. The molecule has 0 saturated heterocycles. The van der Waals surface area contributed by atoms with E-state index in [0.717, 1.165) is 96.3 Å². The highest BCUT2D eigenvalue weighted by Crippen LogP contribution is 2.18. The standard InChI is InChI=1S/C74H132O6/c1-4-7-10-13-16-19-21-23-25-27-29-30-31-32-33-34-35-36-37-38-39-40-41-42-43-44-45-47-48-50-52-55-58-61-64-67-73(76)79-70-71(69-78-72(75)66-63-60-57-54-18-15-12-9-6-3)80-74(77)68-65-62-59-56-53-51-49-46-28-26-24-22-20-17-14-11-8-5-2/h7,10,16,19-20,22-23,25-26,28-30,71H,4-6,8-9,11-15,17-18,21,24,27,31-70H2,1-3H3/b10-7-,19-16-,22-20-,25-23-,28-26-,30-29-. The number of unbranched alkanes of at least 4 members (excludes halogenated alkanes) is 41. The molecular formula is C74H132O6. The van der Waals surface area contributed by atoms with Gasteiger partial charge in [-0.15, -0.1) is 0 Å². The summed E-state index contributed by atoms with van der Waals surface area (Å²) in [5.41, 5.74) is 0. The minimum atomic E-state index is -0.775. The van der Waals surface area contributed by atoms with Gasteiger partial charge in [0, 0.05) is 19.3 Å². The lowest BCUT2D eigenvalue weighted by Crippen LogP contribution is -2.30. The van der Waals surface area contributed by atoms with E-state index in [1.54, 1.807) is 0 Å². The van der Waals surface area contributed by atoms with Gasteiger partial charge < -0.3 is 14.2 Å². The maximum atomic E-state index is 12.9. The maximum absolute atomic E-state index is 12.9. The van der Waals surface area contributed by atoms with Crippen molar-refractivity contribution >= 4 is 17.9 Å². The third-order valence-corrected chi connectivity index (χ3v) is 15.4. The smallest absolute Gasteiger partial charge is 0.306 e. The van der Waals surface area contributed by atoms with E-state index in [0.29, 0.717) is 19.3 Å². The quantitative estimate of drug-likeness (QED) is 0.0261. The van der Waals surface area contributed by atoms with Gasteiger partial charge in [-0.25, -0.2) is 0 Å². The fraction of sp³-hybridized carbons (Fsp3) is 0.797. The second-order valence-electron chi connectivity index (χ2n) is 23.4. The number of allylic oxidation sites excluding steroid dienone is 12. The number of carbonyl (C=O) groups excluding carboxylic acids is 3. The van der Waals surface area contributed by atoms with Crippen LogP contribution in [0.3, 0.4) is 0 Å². The summed E-state index contributed by atoms with van der Waals surface area (Å²) < 4.78 is 16.9. The van der Waals surface area contributed by atoms with Crippen LogP contribution in [0.15, 0.2) is 72.9 Å². The predicted molar refractivity (Wildman–Crippen MR) is 348 cm³/mol. The van der Waals surface area contributed by atoms with Crippen molar-refractivity contribution in [2.24, 2.45) is 0 Å². The van der Waals surface area contributed by atoms with E-state index in [4.69, 9.17) is 14.2 Å². The lowest BCUT2D eigenvalue weighted by molar-refractivity contribution is -0.167. The van der Waals surface area contributed by atoms with E-state index in [-0.39, 0.29) is 31.1 Å². The molecule has 0 amide bonds. The molecule has 0 N–H and O–H groups in total. The summed E-state index contributed by atoms with van der Waals surface area (Å²) in [4.78, 5) is 38.2. The lowest BCUT2D eigenvalue weighted by atomic mass is 10.0. The van der Waals surface area contributed by atoms with Crippen LogP contribution in [-0.2, 0) is 28.6 Å². The maximum Gasteiger partial charge on any atom is 0.306 e. The highest BCUT2D eigenvalue weighted by atomic mass is 16.6. The summed E-state index contributed by atoms with van der Waals surface area (Å²) >= 11 is 0. The molecule has 0 aromatic heterocycles. The van der Waals surface area contributed by atoms with Crippen molar-refractivity contribution in [3.8, 4) is 0 Å². The first-order valence-corrected chi connectivity index (χ1v) is 34.9. The zero-order valence-electron chi connectivity index (χ0n) is 53.3. The zero-order chi connectivity index (χ0) is 57.8. The van der Waals surface area contributed by atoms with Crippen LogP contribution in [0.2, 0.25) is 0 Å². The Hall–Kier alpha value is -3.15. The summed E-state index contributed by atoms with van der Waals surface area (Å²) in [5.74, 6) is -0.863. The van der Waals surface area contributed by atoms with Crippen LogP contribution in [0.25, 0.3) is 0 Å². The Kier molecular flexibility index (Phi) is 65.7. The van der Waals surface area contributed by atoms with E-state index < -0.39 is 6.10 Å². The van der Waals surface area contributed by atoms with Crippen molar-refractivity contribution in [1.82, 2.24) is 0 Å². The molecule has 0 fully saturated rings. The number of rotatable bonds is 64. The van der Waals surface area contributed by atoms with Gasteiger partial charge in [0.2, 0.25) is 0 Å². The van der Waals surface area contributed by atoms with Crippen molar-refractivity contribution in [2.45, 2.75) is 367 Å². The molecule has 0 spiro atoms. The van der Waals surface area contributed by atoms with E-state index >= 15 is 0 Å². The molecular weight excluding hydrogens is 985 g/mol. The van der Waals surface area contributed by atoms with E-state index in [1.165, 1.54) is 225 Å². The molecule has 0 aromatic rings. The number of hydrogen-bond donors (Lipinski definition) is 0. The minimum Gasteiger partial charge on any atom is -0.462 e. The van der Waals surface area contributed by atoms with Crippen LogP contribution in [0.1, 0.15) is 361 Å². The molecule has 6 heteroatoms. The number of hydrogen-bond acceptors (Lipinski definition) is 6. The topological polar surface area (TPSA) is 78.9 Å². The molecule has 0 rings (SSSR count). The molecule has 0 saturated carbocycles. The van der Waals surface area contributed by atoms with E-state index in [1.807, 2.05) is 0 Å². The molecule has 0 bridgehead atoms. The van der Waals surface area contributed by atoms with Gasteiger partial charge in [-0.1, -0.05) is 325 Å². The second-order valence-corrected chi connectivity index (χ2v) is 23.4. The van der Waals surface area contributed by atoms with Gasteiger partial charge in [0.15, 0.2) is 6.10 Å². The largest absolute Gasteiger partial charge is 0.462 e. The molecule has 464 valence electrons. The summed E-state index contributed by atoms with van der Waals surface area (Å²) in [6, 6.07) is 0. The Morgan fingerprint density at radius 3 is 0.775 bits per heavy atom. The van der Waals surface area contributed by atoms with Crippen LogP contribution < -0.4 is 0 Å². The first kappa shape index (κ1) is 76.9. The summed E-state index contributed by atoms with van der Waals surface area (Å²) in [7, 11) is 0. The van der Waals surface area contributed by atoms with Gasteiger partial charge in [-0.3, -0.25) is 14.4 Å². The Morgan fingerprint density at radius 1 is 0.263 bits per heavy atom. The third-order valence-electron chi connectivity index (χ3n) is 15.4. The molecule has 1 atom stereocenters. The minimum absolute atomic E-state index is 0.0727. The summed E-state index contributed by atoms with van der Waals surface area (Å²) in [6.45, 7) is 6.53. The van der Waals surface area contributed by atoms with Gasteiger partial charge in [0.05, 0.1) is 0 Å². The molecule has 0 aromatic carbocycles. The first-order valence-electron chi connectivity index (χ1n) is 34.9. The zero-order valence-corrected chi connectivity index (χ0v) is 53.3. The molecule has 6 nitrogen and oxygen atoms in total. The fourth-order valence-electron chi connectivity index (χ4n) is 10.2. The van der Waals surface area contributed by atoms with Crippen molar-refractivity contribution in [2.75, 3.05) is 13.2 Å². The Balaban J connectivity index is 4.02. The Morgan fingerprint density at radius 2 is 0.487 bits per heavy atom. The second kappa shape index (κ2) is 68.3. The summed E-state index contributed by atoms with van der Waals surface area (Å²) in [6.07, 6.45) is 89.5. The number of esters is 3. The van der Waals surface area contributed by atoms with Crippen molar-refractivity contribution in [1.29, 1.82) is 0 Å². The third kappa shape index (κ3) is 65.7. The van der Waals surface area contributed by atoms with Crippen molar-refractivity contribution in [3.63, 3.8) is 0 Å². The normalized spacial score (nSPS) is 12.5. The average molecular weight is 1120 g/mol. The van der Waals surface area contributed by atoms with Crippen LogP contribution in [-0.4, -0.2) is 37.2 Å². The molecule has 80 heavy (non-hydrogen) atoms. The first-order chi connectivity index (χ1) is 39.5. The molecule has 1 unspecified atom stereocenters. The van der Waals surface area contributed by atoms with Crippen LogP contribution in [0.5, 0.6) is 0 Å². The van der Waals surface area contributed by atoms with Gasteiger partial charge in [0.25, 0.3) is 0 Å². The van der Waals surface area contributed by atoms with E-state index in [9.17, 15) is 14.4 Å². The molecule has 0 aliphatic heterocycles. The van der Waals surface area contributed by atoms with Gasteiger partial charge in [-0.2, -0.15) is 0 Å². The number of ether oxygens (including phenoxy) is 3. The van der Waals surface area contributed by atoms with Crippen LogP contribution in [0, 0.1) is 0 Å². The van der Waals surface area contributed by atoms with E-state index in [2.05, 4.69) is 93.7 Å². The lowest BCUT2D eigenvalue weighted by Gasteiger charge is -2.18. The average Bonchev–Trinajstić information content (AvgIpc) is 3.46. The monoisotopic (exact) mass is 1120 g/mol. The van der Waals surface area contributed by atoms with Crippen LogP contribution >= 0.6 is 0 Å². The predicted octanol–water partition coefficient (Wildman–Crippen LogP) is 24.1. The Bertz CT molecular complexity index is 1470. The molecule has 0 heterocycles. The van der Waals surface area contributed by atoms with Gasteiger partial charge in [0.1, 0.15) is 13.2 Å². The molecule has 0 aliphatic carbocycles. The van der Waals surface area contributed by atoms with Crippen molar-refractivity contribution in [3.05, 3.63) is 72.9 Å². The fourth-order valence-corrected chi connectivity index (χ4v) is 10.2. The number of carbonyl (C=O) groups is 3. The van der Waals surface area contributed by atoms with Crippen LogP contribution in [0.4, 0.5) is 0 Å². The highest BCUT2D eigenvalue weighted by molar-refractivity contribution is 5.71. The summed E-state index contributed by atoms with van der Waals surface area (Å²) in [5, 5.41) is 0. The van der Waals surface area contributed by atoms with Crippen molar-refractivity contribution < 1.29 is 28.6 Å². The Labute approximate surface area is 497 Å². The molecule has 0 radical (unpaired) electrons.